The molecule has 0 unspecified atom stereocenters. The second-order valence-electron chi connectivity index (χ2n) is 6.02. The Balaban J connectivity index is 1.71. The third kappa shape index (κ3) is 4.37. The van der Waals surface area contributed by atoms with Crippen molar-refractivity contribution in [3.8, 4) is 0 Å². The number of allylic oxidation sites excluding steroid dienone is 1. The van der Waals surface area contributed by atoms with Crippen molar-refractivity contribution in [2.24, 2.45) is 0 Å². The van der Waals surface area contributed by atoms with Crippen molar-refractivity contribution < 1.29 is 4.79 Å². The minimum Gasteiger partial charge on any atom is -0.341 e. The van der Waals surface area contributed by atoms with E-state index in [0.717, 1.165) is 22.0 Å². The van der Waals surface area contributed by atoms with Crippen LogP contribution < -0.4 is 0 Å². The molecule has 3 heteroatoms. The molecule has 2 aromatic carbocycles. The number of aryl methyl sites for hydroxylation is 1. The Morgan fingerprint density at radius 1 is 1.04 bits per heavy atom. The zero-order chi connectivity index (χ0) is 17.6. The Bertz CT molecular complexity index is 873. The highest BCUT2D eigenvalue weighted by Gasteiger charge is 2.12. The number of benzene rings is 2. The van der Waals surface area contributed by atoms with Crippen molar-refractivity contribution >= 4 is 27.8 Å². The van der Waals surface area contributed by atoms with Crippen molar-refractivity contribution in [3.63, 3.8) is 0 Å². The van der Waals surface area contributed by atoms with E-state index < -0.39 is 0 Å². The van der Waals surface area contributed by atoms with Gasteiger partial charge in [0.2, 0.25) is 5.78 Å². The Labute approximate surface area is 156 Å². The maximum absolute atomic E-state index is 12.7. The van der Waals surface area contributed by atoms with E-state index in [2.05, 4.69) is 52.3 Å². The standard InChI is InChI=1S/C22H20BrNO/c1-17-6-12-20(13-7-17)22(25)21-5-3-15-24(21)14-2-4-18-8-10-19(16-23)11-9-18/h2-13,15H,14,16H2,1H3/b4-2+. The minimum atomic E-state index is 0.0556. The molecule has 0 radical (unpaired) electrons. The van der Waals surface area contributed by atoms with E-state index in [1.807, 2.05) is 54.1 Å². The number of carbonyl (C=O) groups excluding carboxylic acids is 1. The van der Waals surface area contributed by atoms with E-state index in [1.165, 1.54) is 5.56 Å². The summed E-state index contributed by atoms with van der Waals surface area (Å²) in [6.45, 7) is 2.69. The summed E-state index contributed by atoms with van der Waals surface area (Å²) in [4.78, 5) is 12.7. The molecule has 0 atom stereocenters. The van der Waals surface area contributed by atoms with Gasteiger partial charge in [-0.25, -0.2) is 0 Å². The first-order valence-corrected chi connectivity index (χ1v) is 9.37. The number of hydrogen-bond acceptors (Lipinski definition) is 1. The summed E-state index contributed by atoms with van der Waals surface area (Å²) in [5.74, 6) is 0.0556. The smallest absolute Gasteiger partial charge is 0.209 e. The monoisotopic (exact) mass is 393 g/mol. The van der Waals surface area contributed by atoms with Gasteiger partial charge < -0.3 is 4.57 Å². The summed E-state index contributed by atoms with van der Waals surface area (Å²) in [5, 5.41) is 0.866. The third-order valence-corrected chi connectivity index (χ3v) is 4.77. The molecule has 0 N–H and O–H groups in total. The lowest BCUT2D eigenvalue weighted by Gasteiger charge is -2.06. The van der Waals surface area contributed by atoms with Crippen LogP contribution in [0.4, 0.5) is 0 Å². The molecule has 0 bridgehead atoms. The third-order valence-electron chi connectivity index (χ3n) is 4.12. The first-order valence-electron chi connectivity index (χ1n) is 8.25. The van der Waals surface area contributed by atoms with Crippen LogP contribution in [0.2, 0.25) is 0 Å². The van der Waals surface area contributed by atoms with Crippen LogP contribution in [-0.2, 0) is 11.9 Å². The highest BCUT2D eigenvalue weighted by Crippen LogP contribution is 2.13. The van der Waals surface area contributed by atoms with Gasteiger partial charge in [-0.3, -0.25) is 4.79 Å². The lowest BCUT2D eigenvalue weighted by molar-refractivity contribution is 0.103. The van der Waals surface area contributed by atoms with Gasteiger partial charge >= 0.3 is 0 Å². The molecular weight excluding hydrogens is 374 g/mol. The first-order chi connectivity index (χ1) is 12.2. The van der Waals surface area contributed by atoms with Crippen molar-refractivity contribution in [2.45, 2.75) is 18.8 Å². The fraction of sp³-hybridized carbons (Fsp3) is 0.136. The van der Waals surface area contributed by atoms with Crippen LogP contribution in [-0.4, -0.2) is 10.4 Å². The van der Waals surface area contributed by atoms with E-state index >= 15 is 0 Å². The maximum Gasteiger partial charge on any atom is 0.209 e. The Hall–Kier alpha value is -2.39. The fourth-order valence-electron chi connectivity index (χ4n) is 2.65. The molecule has 3 aromatic rings. The van der Waals surface area contributed by atoms with Crippen molar-refractivity contribution in [1.82, 2.24) is 4.57 Å². The van der Waals surface area contributed by atoms with Crippen molar-refractivity contribution in [2.75, 3.05) is 0 Å². The van der Waals surface area contributed by atoms with E-state index in [0.29, 0.717) is 12.2 Å². The number of halogens is 1. The number of alkyl halides is 1. The largest absolute Gasteiger partial charge is 0.341 e. The average Bonchev–Trinajstić information content (AvgIpc) is 3.11. The average molecular weight is 394 g/mol. The highest BCUT2D eigenvalue weighted by molar-refractivity contribution is 9.08. The van der Waals surface area contributed by atoms with Crippen LogP contribution in [0.5, 0.6) is 0 Å². The SMILES string of the molecule is Cc1ccc(C(=O)c2cccn2C/C=C/c2ccc(CBr)cc2)cc1. The summed E-state index contributed by atoms with van der Waals surface area (Å²) < 4.78 is 1.98. The van der Waals surface area contributed by atoms with Gasteiger partial charge in [0.1, 0.15) is 0 Å². The molecule has 1 aromatic heterocycles. The normalized spacial score (nSPS) is 11.1. The topological polar surface area (TPSA) is 22.0 Å². The molecule has 0 amide bonds. The zero-order valence-electron chi connectivity index (χ0n) is 14.2. The summed E-state index contributed by atoms with van der Waals surface area (Å²) >= 11 is 3.45. The summed E-state index contributed by atoms with van der Waals surface area (Å²) in [5.41, 5.74) is 5.00. The van der Waals surface area contributed by atoms with Crippen LogP contribution in [0.1, 0.15) is 32.7 Å². The Morgan fingerprint density at radius 3 is 2.44 bits per heavy atom. The predicted molar refractivity (Wildman–Crippen MR) is 107 cm³/mol. The number of nitrogens with zero attached hydrogens (tertiary/aromatic N) is 1. The second-order valence-corrected chi connectivity index (χ2v) is 6.58. The lowest BCUT2D eigenvalue weighted by atomic mass is 10.1. The van der Waals surface area contributed by atoms with Crippen LogP contribution in [0.15, 0.2) is 72.9 Å². The molecule has 1 heterocycles. The van der Waals surface area contributed by atoms with Crippen LogP contribution in [0.3, 0.4) is 0 Å². The minimum absolute atomic E-state index is 0.0556. The Morgan fingerprint density at radius 2 is 1.76 bits per heavy atom. The van der Waals surface area contributed by atoms with Gasteiger partial charge in [-0.1, -0.05) is 82.2 Å². The van der Waals surface area contributed by atoms with Gasteiger partial charge in [0.05, 0.1) is 5.69 Å². The predicted octanol–water partition coefficient (Wildman–Crippen LogP) is 5.64. The number of hydrogen-bond donors (Lipinski definition) is 0. The number of ketones is 1. The van der Waals surface area contributed by atoms with Gasteiger partial charge in [0.15, 0.2) is 0 Å². The van der Waals surface area contributed by atoms with Crippen molar-refractivity contribution in [3.05, 3.63) is 101 Å². The molecule has 0 aliphatic heterocycles. The van der Waals surface area contributed by atoms with Crippen LogP contribution >= 0.6 is 15.9 Å². The number of aromatic nitrogens is 1. The van der Waals surface area contributed by atoms with E-state index in [9.17, 15) is 4.79 Å². The summed E-state index contributed by atoms with van der Waals surface area (Å²) in [6.07, 6.45) is 6.10. The number of rotatable bonds is 6. The zero-order valence-corrected chi connectivity index (χ0v) is 15.7. The summed E-state index contributed by atoms with van der Waals surface area (Å²) in [6, 6.07) is 19.9. The second kappa shape index (κ2) is 8.13. The molecule has 3 rings (SSSR count). The molecular formula is C22H20BrNO. The van der Waals surface area contributed by atoms with Crippen LogP contribution in [0.25, 0.3) is 6.08 Å². The summed E-state index contributed by atoms with van der Waals surface area (Å²) in [7, 11) is 0. The molecule has 0 aliphatic rings. The lowest BCUT2D eigenvalue weighted by Crippen LogP contribution is -2.09. The molecule has 25 heavy (non-hydrogen) atoms. The van der Waals surface area contributed by atoms with Gasteiger partial charge in [-0.05, 0) is 30.2 Å². The molecule has 0 fully saturated rings. The fourth-order valence-corrected chi connectivity index (χ4v) is 3.03. The van der Waals surface area contributed by atoms with Gasteiger partial charge in [0.25, 0.3) is 0 Å². The number of carbonyl (C=O) groups is 1. The first kappa shape index (κ1) is 17.4. The molecule has 0 aliphatic carbocycles. The van der Waals surface area contributed by atoms with E-state index in [1.54, 1.807) is 0 Å². The molecule has 2 nitrogen and oxygen atoms in total. The van der Waals surface area contributed by atoms with Gasteiger partial charge in [0, 0.05) is 23.6 Å². The van der Waals surface area contributed by atoms with Crippen molar-refractivity contribution in [1.29, 1.82) is 0 Å². The molecule has 0 saturated heterocycles. The van der Waals surface area contributed by atoms with Gasteiger partial charge in [-0.15, -0.1) is 0 Å². The molecule has 126 valence electrons. The maximum atomic E-state index is 12.7. The molecule has 0 spiro atoms. The highest BCUT2D eigenvalue weighted by atomic mass is 79.9. The van der Waals surface area contributed by atoms with Gasteiger partial charge in [-0.2, -0.15) is 0 Å². The molecule has 0 saturated carbocycles. The quantitative estimate of drug-likeness (QED) is 0.392. The van der Waals surface area contributed by atoms with Crippen LogP contribution in [0, 0.1) is 6.92 Å². The van der Waals surface area contributed by atoms with E-state index in [-0.39, 0.29) is 5.78 Å². The van der Waals surface area contributed by atoms with E-state index in [4.69, 9.17) is 0 Å². The Kier molecular flexibility index (Phi) is 5.67.